The van der Waals surface area contributed by atoms with E-state index >= 15 is 0 Å². The number of nitrogens with zero attached hydrogens (tertiary/aromatic N) is 3. The Labute approximate surface area is 158 Å². The van der Waals surface area contributed by atoms with Crippen LogP contribution < -0.4 is 5.32 Å². The number of hydrogen-bond donors (Lipinski definition) is 1. The van der Waals surface area contributed by atoms with Crippen molar-refractivity contribution in [1.82, 2.24) is 15.0 Å². The van der Waals surface area contributed by atoms with Gasteiger partial charge in [-0.1, -0.05) is 12.1 Å². The van der Waals surface area contributed by atoms with Crippen molar-refractivity contribution in [3.8, 4) is 11.4 Å². The summed E-state index contributed by atoms with van der Waals surface area (Å²) in [4.78, 5) is 18.3. The van der Waals surface area contributed by atoms with Gasteiger partial charge >= 0.3 is 0 Å². The Kier molecular flexibility index (Phi) is 6.40. The lowest BCUT2D eigenvalue weighted by Crippen LogP contribution is -2.03. The molecule has 0 aliphatic rings. The highest BCUT2D eigenvalue weighted by Crippen LogP contribution is 2.37. The highest BCUT2D eigenvalue weighted by atomic mass is 32.2. The van der Waals surface area contributed by atoms with Crippen LogP contribution in [0, 0.1) is 5.82 Å². The first kappa shape index (κ1) is 18.6. The van der Waals surface area contributed by atoms with Crippen molar-refractivity contribution >= 4 is 35.3 Å². The second kappa shape index (κ2) is 8.95. The monoisotopic (exact) mass is 390 g/mol. The van der Waals surface area contributed by atoms with Gasteiger partial charge in [0.25, 0.3) is 0 Å². The molecule has 0 spiro atoms. The molecule has 0 aliphatic heterocycles. The summed E-state index contributed by atoms with van der Waals surface area (Å²) in [5, 5.41) is 3.84. The van der Waals surface area contributed by atoms with Crippen LogP contribution in [0.25, 0.3) is 11.4 Å². The maximum absolute atomic E-state index is 14.2. The second-order valence-electron chi connectivity index (χ2n) is 4.89. The number of benzene rings is 1. The van der Waals surface area contributed by atoms with Gasteiger partial charge < -0.3 is 5.32 Å². The number of pyridine rings is 1. The topological polar surface area (TPSA) is 69.2 Å². The third-order valence-electron chi connectivity index (χ3n) is 3.27. The van der Waals surface area contributed by atoms with E-state index in [2.05, 4.69) is 25.2 Å². The number of rotatable bonds is 7. The first-order valence-electron chi connectivity index (χ1n) is 7.48. The highest BCUT2D eigenvalue weighted by Gasteiger charge is 2.19. The number of halogens is 1. The minimum absolute atomic E-state index is 0.283. The molecule has 0 fully saturated rings. The molecule has 0 radical (unpaired) electrons. The smallest absolute Gasteiger partial charge is 0.165 e. The first-order valence-corrected chi connectivity index (χ1v) is 9.45. The molecule has 6 nitrogen and oxygen atoms in total. The number of aromatic nitrogens is 3. The molecule has 0 atom stereocenters. The Hall–Kier alpha value is -2.20. The van der Waals surface area contributed by atoms with Crippen LogP contribution in [0.4, 0.5) is 15.9 Å². The van der Waals surface area contributed by atoms with Gasteiger partial charge in [0.2, 0.25) is 0 Å². The van der Waals surface area contributed by atoms with Crippen molar-refractivity contribution < 1.29 is 13.6 Å². The average molecular weight is 390 g/mol. The maximum Gasteiger partial charge on any atom is 0.165 e. The summed E-state index contributed by atoms with van der Waals surface area (Å²) in [5.74, 6) is 0.379. The number of thioether (sulfide) groups is 1. The van der Waals surface area contributed by atoms with Gasteiger partial charge in [0.15, 0.2) is 11.6 Å². The van der Waals surface area contributed by atoms with Crippen LogP contribution in [0.2, 0.25) is 0 Å². The van der Waals surface area contributed by atoms with Gasteiger partial charge in [-0.15, -0.1) is 11.8 Å². The van der Waals surface area contributed by atoms with E-state index in [1.807, 2.05) is 6.26 Å². The molecule has 2 aromatic heterocycles. The fourth-order valence-electron chi connectivity index (χ4n) is 2.13. The van der Waals surface area contributed by atoms with E-state index in [4.69, 9.17) is 4.33 Å². The Morgan fingerprint density at radius 3 is 2.54 bits per heavy atom. The highest BCUT2D eigenvalue weighted by molar-refractivity contribution is 8.00. The van der Waals surface area contributed by atoms with Gasteiger partial charge in [0, 0.05) is 18.1 Å². The van der Waals surface area contributed by atoms with Crippen LogP contribution in [0.3, 0.4) is 0 Å². The lowest BCUT2D eigenvalue weighted by molar-refractivity contribution is -0.160. The standard InChI is InChI=1S/C17H15FN4O2S2/c1-23-24-26-14-16(20-11-7-9-19-10-8-11)21-15(22-17(14)25-2)12-5-3-4-6-13(12)18/h3-10H,1-2H3,(H,19,20,21,22). The third kappa shape index (κ3) is 4.31. The molecular weight excluding hydrogens is 375 g/mol. The first-order chi connectivity index (χ1) is 12.7. The molecule has 2 heterocycles. The van der Waals surface area contributed by atoms with Gasteiger partial charge in [-0.25, -0.2) is 19.2 Å². The second-order valence-corrected chi connectivity index (χ2v) is 6.40. The van der Waals surface area contributed by atoms with Gasteiger partial charge in [0.05, 0.1) is 24.7 Å². The van der Waals surface area contributed by atoms with E-state index in [0.29, 0.717) is 21.3 Å². The van der Waals surface area contributed by atoms with Crippen molar-refractivity contribution in [3.05, 3.63) is 54.6 Å². The molecule has 0 bridgehead atoms. The van der Waals surface area contributed by atoms with E-state index in [-0.39, 0.29) is 11.6 Å². The maximum atomic E-state index is 14.2. The summed E-state index contributed by atoms with van der Waals surface area (Å²) < 4.78 is 19.2. The van der Waals surface area contributed by atoms with E-state index in [9.17, 15) is 4.39 Å². The number of hydrogen-bond acceptors (Lipinski definition) is 8. The summed E-state index contributed by atoms with van der Waals surface area (Å²) in [5.41, 5.74) is 1.11. The largest absolute Gasteiger partial charge is 0.339 e. The molecule has 0 amide bonds. The van der Waals surface area contributed by atoms with Crippen LogP contribution in [-0.4, -0.2) is 28.3 Å². The van der Waals surface area contributed by atoms with Gasteiger partial charge in [0.1, 0.15) is 15.7 Å². The van der Waals surface area contributed by atoms with Crippen LogP contribution in [0.1, 0.15) is 0 Å². The fourth-order valence-corrected chi connectivity index (χ4v) is 3.37. The lowest BCUT2D eigenvalue weighted by atomic mass is 10.2. The Balaban J connectivity index is 2.10. The van der Waals surface area contributed by atoms with Crippen LogP contribution in [-0.2, 0) is 9.22 Å². The summed E-state index contributed by atoms with van der Waals surface area (Å²) in [6.07, 6.45) is 5.20. The fraction of sp³-hybridized carbons (Fsp3) is 0.118. The van der Waals surface area contributed by atoms with Crippen molar-refractivity contribution in [1.29, 1.82) is 0 Å². The predicted octanol–water partition coefficient (Wildman–Crippen LogP) is 4.73. The molecule has 1 aromatic carbocycles. The molecule has 3 aromatic rings. The van der Waals surface area contributed by atoms with E-state index in [1.165, 1.54) is 24.9 Å². The van der Waals surface area contributed by atoms with Gasteiger partial charge in [-0.3, -0.25) is 4.98 Å². The summed E-state index contributed by atoms with van der Waals surface area (Å²) in [7, 11) is 1.41. The van der Waals surface area contributed by atoms with Crippen molar-refractivity contribution in [3.63, 3.8) is 0 Å². The molecular formula is C17H15FN4O2S2. The van der Waals surface area contributed by atoms with Crippen LogP contribution in [0.15, 0.2) is 58.7 Å². The Bertz CT molecular complexity index is 884. The SMILES string of the molecule is COOSc1c(Nc2ccncc2)nc(-c2ccccc2F)nc1SC. The Morgan fingerprint density at radius 1 is 1.08 bits per heavy atom. The summed E-state index contributed by atoms with van der Waals surface area (Å²) in [6, 6.07) is 9.99. The minimum Gasteiger partial charge on any atom is -0.339 e. The summed E-state index contributed by atoms with van der Waals surface area (Å²) >= 11 is 2.39. The van der Waals surface area contributed by atoms with Gasteiger partial charge in [-0.05, 0) is 30.5 Å². The number of anilines is 2. The minimum atomic E-state index is -0.386. The van der Waals surface area contributed by atoms with E-state index in [1.54, 1.807) is 42.7 Å². The van der Waals surface area contributed by atoms with Crippen LogP contribution in [0.5, 0.6) is 0 Å². The molecule has 1 N–H and O–H groups in total. The molecule has 0 saturated heterocycles. The molecule has 0 aliphatic carbocycles. The van der Waals surface area contributed by atoms with Crippen molar-refractivity contribution in [2.75, 3.05) is 18.7 Å². The zero-order valence-electron chi connectivity index (χ0n) is 14.0. The third-order valence-corrected chi connectivity index (χ3v) is 4.84. The normalized spacial score (nSPS) is 10.7. The van der Waals surface area contributed by atoms with E-state index < -0.39 is 0 Å². The quantitative estimate of drug-likeness (QED) is 0.204. The zero-order chi connectivity index (χ0) is 18.4. The molecule has 0 unspecified atom stereocenters. The summed E-state index contributed by atoms with van der Waals surface area (Å²) in [6.45, 7) is 0. The van der Waals surface area contributed by atoms with Crippen molar-refractivity contribution in [2.24, 2.45) is 0 Å². The molecule has 26 heavy (non-hydrogen) atoms. The average Bonchev–Trinajstić information content (AvgIpc) is 2.67. The van der Waals surface area contributed by atoms with Crippen molar-refractivity contribution in [2.45, 2.75) is 9.92 Å². The van der Waals surface area contributed by atoms with Crippen LogP contribution >= 0.6 is 23.8 Å². The molecule has 134 valence electrons. The number of nitrogens with one attached hydrogen (secondary N) is 1. The molecule has 0 saturated carbocycles. The molecule has 9 heteroatoms. The van der Waals surface area contributed by atoms with Gasteiger partial charge in [-0.2, -0.15) is 4.33 Å². The van der Waals surface area contributed by atoms with E-state index in [0.717, 1.165) is 17.7 Å². The lowest BCUT2D eigenvalue weighted by Gasteiger charge is -2.14. The molecule has 3 rings (SSSR count). The predicted molar refractivity (Wildman–Crippen MR) is 101 cm³/mol. The zero-order valence-corrected chi connectivity index (χ0v) is 15.6. The Morgan fingerprint density at radius 2 is 1.85 bits per heavy atom.